The maximum absolute atomic E-state index is 12.4. The van der Waals surface area contributed by atoms with Gasteiger partial charge in [0, 0.05) is 13.1 Å². The maximum Gasteiger partial charge on any atom is 0.292 e. The van der Waals surface area contributed by atoms with Gasteiger partial charge in [-0.25, -0.2) is 0 Å². The van der Waals surface area contributed by atoms with Crippen LogP contribution in [-0.2, 0) is 20.8 Å². The van der Waals surface area contributed by atoms with Crippen LogP contribution in [0.25, 0.3) is 0 Å². The van der Waals surface area contributed by atoms with E-state index >= 15 is 0 Å². The third-order valence-electron chi connectivity index (χ3n) is 3.00. The maximum atomic E-state index is 12.4. The van der Waals surface area contributed by atoms with Crippen molar-refractivity contribution in [3.05, 3.63) is 47.9 Å². The van der Waals surface area contributed by atoms with Gasteiger partial charge >= 0.3 is 0 Å². The average molecular weight is 276 g/mol. The van der Waals surface area contributed by atoms with Crippen LogP contribution in [0.4, 0.5) is 0 Å². The standard InChI is InChI=1S/C15H20N2O3/c16-7-4-8-17(11-13-5-2-1-3-6-13)15(18)14-12-19-9-10-20-14/h1-3,5-6,12H,4,7-11,16H2. The third kappa shape index (κ3) is 3.99. The van der Waals surface area contributed by atoms with Crippen LogP contribution >= 0.6 is 0 Å². The van der Waals surface area contributed by atoms with Crippen LogP contribution in [0.1, 0.15) is 12.0 Å². The fraction of sp³-hybridized carbons (Fsp3) is 0.400. The van der Waals surface area contributed by atoms with Crippen molar-refractivity contribution < 1.29 is 14.3 Å². The summed E-state index contributed by atoms with van der Waals surface area (Å²) in [6.45, 7) is 2.59. The Hall–Kier alpha value is -2.01. The molecule has 0 aromatic heterocycles. The van der Waals surface area contributed by atoms with Crippen LogP contribution in [0.5, 0.6) is 0 Å². The van der Waals surface area contributed by atoms with Crippen LogP contribution < -0.4 is 5.73 Å². The zero-order chi connectivity index (χ0) is 14.2. The SMILES string of the molecule is NCCCN(Cc1ccccc1)C(=O)C1=COCCO1. The number of rotatable bonds is 6. The van der Waals surface area contributed by atoms with E-state index < -0.39 is 0 Å². The minimum Gasteiger partial charge on any atom is -0.494 e. The molecule has 0 saturated heterocycles. The number of amides is 1. The number of carbonyl (C=O) groups is 1. The number of hydrogen-bond donors (Lipinski definition) is 1. The van der Waals surface area contributed by atoms with Crippen molar-refractivity contribution >= 4 is 5.91 Å². The molecule has 0 spiro atoms. The van der Waals surface area contributed by atoms with Gasteiger partial charge < -0.3 is 20.1 Å². The molecule has 20 heavy (non-hydrogen) atoms. The second kappa shape index (κ2) is 7.55. The first kappa shape index (κ1) is 14.4. The van der Waals surface area contributed by atoms with Gasteiger partial charge in [-0.1, -0.05) is 30.3 Å². The highest BCUT2D eigenvalue weighted by Crippen LogP contribution is 2.12. The summed E-state index contributed by atoms with van der Waals surface area (Å²) < 4.78 is 10.5. The molecule has 0 unspecified atom stereocenters. The fourth-order valence-corrected chi connectivity index (χ4v) is 1.97. The minimum absolute atomic E-state index is 0.151. The highest BCUT2D eigenvalue weighted by molar-refractivity contribution is 5.91. The number of ether oxygens (including phenoxy) is 2. The highest BCUT2D eigenvalue weighted by Gasteiger charge is 2.21. The second-order valence-corrected chi connectivity index (χ2v) is 4.56. The predicted octanol–water partition coefficient (Wildman–Crippen LogP) is 1.25. The summed E-state index contributed by atoms with van der Waals surface area (Å²) in [6.07, 6.45) is 2.15. The van der Waals surface area contributed by atoms with Crippen molar-refractivity contribution in [1.82, 2.24) is 4.90 Å². The average Bonchev–Trinajstić information content (AvgIpc) is 2.52. The Bertz CT molecular complexity index is 459. The van der Waals surface area contributed by atoms with E-state index in [4.69, 9.17) is 15.2 Å². The quantitative estimate of drug-likeness (QED) is 0.849. The number of carbonyl (C=O) groups excluding carboxylic acids is 1. The van der Waals surface area contributed by atoms with Gasteiger partial charge in [0.1, 0.15) is 19.5 Å². The van der Waals surface area contributed by atoms with Gasteiger partial charge in [0.2, 0.25) is 5.76 Å². The summed E-state index contributed by atoms with van der Waals surface area (Å²) in [7, 11) is 0. The summed E-state index contributed by atoms with van der Waals surface area (Å²) in [5.74, 6) is 0.117. The molecule has 5 nitrogen and oxygen atoms in total. The van der Waals surface area contributed by atoms with Crippen molar-refractivity contribution in [1.29, 1.82) is 0 Å². The molecule has 0 radical (unpaired) electrons. The Labute approximate surface area is 119 Å². The summed E-state index contributed by atoms with van der Waals surface area (Å²) >= 11 is 0. The van der Waals surface area contributed by atoms with E-state index in [1.54, 1.807) is 4.90 Å². The Morgan fingerprint density at radius 1 is 1.25 bits per heavy atom. The third-order valence-corrected chi connectivity index (χ3v) is 3.00. The normalized spacial score (nSPS) is 13.9. The van der Waals surface area contributed by atoms with E-state index in [0.29, 0.717) is 32.8 Å². The zero-order valence-corrected chi connectivity index (χ0v) is 11.5. The smallest absolute Gasteiger partial charge is 0.292 e. The summed E-state index contributed by atoms with van der Waals surface area (Å²) in [4.78, 5) is 14.2. The first-order chi connectivity index (χ1) is 9.81. The Morgan fingerprint density at radius 3 is 2.70 bits per heavy atom. The molecule has 5 heteroatoms. The van der Waals surface area contributed by atoms with Crippen molar-refractivity contribution in [3.8, 4) is 0 Å². The molecule has 1 aliphatic rings. The molecule has 0 aliphatic carbocycles. The molecule has 0 atom stereocenters. The van der Waals surface area contributed by atoms with Crippen LogP contribution in [0, 0.1) is 0 Å². The summed E-state index contributed by atoms with van der Waals surface area (Å²) in [5.41, 5.74) is 6.62. The summed E-state index contributed by atoms with van der Waals surface area (Å²) in [6, 6.07) is 9.86. The monoisotopic (exact) mass is 276 g/mol. The van der Waals surface area contributed by atoms with Gasteiger partial charge in [0.05, 0.1) is 0 Å². The van der Waals surface area contributed by atoms with Gasteiger partial charge in [0.15, 0.2) is 0 Å². The predicted molar refractivity (Wildman–Crippen MR) is 75.5 cm³/mol. The van der Waals surface area contributed by atoms with Crippen molar-refractivity contribution in [3.63, 3.8) is 0 Å². The molecule has 0 saturated carbocycles. The van der Waals surface area contributed by atoms with Gasteiger partial charge in [-0.05, 0) is 18.5 Å². The van der Waals surface area contributed by atoms with Crippen LogP contribution in [0.15, 0.2) is 42.4 Å². The molecule has 1 amide bonds. The number of nitrogens with two attached hydrogens (primary N) is 1. The van der Waals surface area contributed by atoms with Crippen molar-refractivity contribution in [2.45, 2.75) is 13.0 Å². The Balaban J connectivity index is 2.06. The highest BCUT2D eigenvalue weighted by atomic mass is 16.6. The first-order valence-corrected chi connectivity index (χ1v) is 6.79. The zero-order valence-electron chi connectivity index (χ0n) is 11.5. The van der Waals surface area contributed by atoms with Crippen LogP contribution in [0.3, 0.4) is 0 Å². The van der Waals surface area contributed by atoms with Gasteiger partial charge in [-0.3, -0.25) is 4.79 Å². The van der Waals surface area contributed by atoms with E-state index in [1.807, 2.05) is 30.3 Å². The molecule has 108 valence electrons. The largest absolute Gasteiger partial charge is 0.494 e. The molecule has 0 fully saturated rings. The lowest BCUT2D eigenvalue weighted by Gasteiger charge is -2.25. The Morgan fingerprint density at radius 2 is 2.05 bits per heavy atom. The summed E-state index contributed by atoms with van der Waals surface area (Å²) in [5, 5.41) is 0. The molecular formula is C15H20N2O3. The van der Waals surface area contributed by atoms with Gasteiger partial charge in [-0.15, -0.1) is 0 Å². The van der Waals surface area contributed by atoms with Crippen LogP contribution in [0.2, 0.25) is 0 Å². The number of hydrogen-bond acceptors (Lipinski definition) is 4. The molecule has 1 heterocycles. The molecule has 2 N–H and O–H groups in total. The van der Waals surface area contributed by atoms with E-state index in [1.165, 1.54) is 6.26 Å². The molecule has 0 bridgehead atoms. The van der Waals surface area contributed by atoms with E-state index in [9.17, 15) is 4.79 Å². The minimum atomic E-state index is -0.151. The van der Waals surface area contributed by atoms with Gasteiger partial charge in [0.25, 0.3) is 5.91 Å². The molecule has 1 aromatic rings. The number of benzene rings is 1. The topological polar surface area (TPSA) is 64.8 Å². The molecule has 1 aliphatic heterocycles. The molecule has 1 aromatic carbocycles. The second-order valence-electron chi connectivity index (χ2n) is 4.56. The molecule has 2 rings (SSSR count). The lowest BCUT2D eigenvalue weighted by Crippen LogP contribution is -2.35. The lowest BCUT2D eigenvalue weighted by molar-refractivity contribution is -0.133. The van der Waals surface area contributed by atoms with Crippen molar-refractivity contribution in [2.75, 3.05) is 26.3 Å². The van der Waals surface area contributed by atoms with Crippen molar-refractivity contribution in [2.24, 2.45) is 5.73 Å². The lowest BCUT2D eigenvalue weighted by atomic mass is 10.2. The Kier molecular flexibility index (Phi) is 5.43. The molecular weight excluding hydrogens is 256 g/mol. The van der Waals surface area contributed by atoms with E-state index in [2.05, 4.69) is 0 Å². The van der Waals surface area contributed by atoms with Gasteiger partial charge in [-0.2, -0.15) is 0 Å². The first-order valence-electron chi connectivity index (χ1n) is 6.79. The fourth-order valence-electron chi connectivity index (χ4n) is 1.97. The van der Waals surface area contributed by atoms with E-state index in [-0.39, 0.29) is 11.7 Å². The van der Waals surface area contributed by atoms with Crippen LogP contribution in [-0.4, -0.2) is 37.1 Å². The van der Waals surface area contributed by atoms with E-state index in [0.717, 1.165) is 12.0 Å². The number of nitrogens with zero attached hydrogens (tertiary/aromatic N) is 1.